The van der Waals surface area contributed by atoms with Gasteiger partial charge in [0.2, 0.25) is 5.91 Å². The number of amides is 1. The fourth-order valence-electron chi connectivity index (χ4n) is 5.65. The molecule has 2 aliphatic rings. The van der Waals surface area contributed by atoms with Gasteiger partial charge in [0.05, 0.1) is 6.10 Å². The highest BCUT2D eigenvalue weighted by Gasteiger charge is 2.44. The predicted molar refractivity (Wildman–Crippen MR) is 133 cm³/mol. The van der Waals surface area contributed by atoms with Gasteiger partial charge in [0.1, 0.15) is 0 Å². The highest BCUT2D eigenvalue weighted by molar-refractivity contribution is 5.93. The summed E-state index contributed by atoms with van der Waals surface area (Å²) in [5.74, 6) is 2.50. The van der Waals surface area contributed by atoms with Gasteiger partial charge in [-0.15, -0.1) is 0 Å². The van der Waals surface area contributed by atoms with Crippen LogP contribution in [0.25, 0.3) is 0 Å². The Morgan fingerprint density at radius 2 is 1.88 bits per heavy atom. The van der Waals surface area contributed by atoms with Crippen molar-refractivity contribution < 1.29 is 9.90 Å². The van der Waals surface area contributed by atoms with Crippen molar-refractivity contribution in [3.63, 3.8) is 0 Å². The van der Waals surface area contributed by atoms with Gasteiger partial charge >= 0.3 is 0 Å². The lowest BCUT2D eigenvalue weighted by Gasteiger charge is -2.48. The molecule has 0 heterocycles. The van der Waals surface area contributed by atoms with E-state index >= 15 is 0 Å². The van der Waals surface area contributed by atoms with Gasteiger partial charge in [0, 0.05) is 12.1 Å². The highest BCUT2D eigenvalue weighted by Crippen LogP contribution is 2.48. The minimum atomic E-state index is -0.226. The standard InChI is InChI=1S/C29H41NO2/c1-20-16-17-25-19-22(3)28(31)23(4)27(25)26(20)15-10-11-21(2)29(32)30-18-9-8-14-24-12-6-5-7-13-24/h5-7,10-13,15-17,20,22-23,25-28,31H,8-9,14,18-19H2,1-4H3,(H,30,32)/b15-10+,21-11+/t20-,22-,23+,25+,26+,27-,28+/m1/s1. The average molecular weight is 436 g/mol. The van der Waals surface area contributed by atoms with E-state index in [0.29, 0.717) is 36.1 Å². The second-order valence-electron chi connectivity index (χ2n) is 10.1. The molecule has 0 spiro atoms. The lowest BCUT2D eigenvalue weighted by molar-refractivity contribution is -0.117. The van der Waals surface area contributed by atoms with Crippen LogP contribution in [0.5, 0.6) is 0 Å². The van der Waals surface area contributed by atoms with Crippen molar-refractivity contribution in [1.29, 1.82) is 0 Å². The molecule has 0 bridgehead atoms. The Labute approximate surface area is 194 Å². The zero-order chi connectivity index (χ0) is 23.1. The van der Waals surface area contributed by atoms with Crippen LogP contribution in [0, 0.1) is 35.5 Å². The lowest BCUT2D eigenvalue weighted by atomic mass is 9.58. The van der Waals surface area contributed by atoms with Crippen molar-refractivity contribution >= 4 is 5.91 Å². The summed E-state index contributed by atoms with van der Waals surface area (Å²) in [5, 5.41) is 13.7. The van der Waals surface area contributed by atoms with E-state index in [2.05, 4.69) is 74.7 Å². The van der Waals surface area contributed by atoms with Crippen LogP contribution < -0.4 is 5.32 Å². The molecule has 0 radical (unpaired) electrons. The van der Waals surface area contributed by atoms with Crippen molar-refractivity contribution in [1.82, 2.24) is 5.32 Å². The van der Waals surface area contributed by atoms with Crippen LogP contribution >= 0.6 is 0 Å². The molecule has 3 heteroatoms. The van der Waals surface area contributed by atoms with E-state index in [4.69, 9.17) is 0 Å². The van der Waals surface area contributed by atoms with Crippen LogP contribution in [0.3, 0.4) is 0 Å². The number of hydrogen-bond donors (Lipinski definition) is 2. The molecule has 3 rings (SSSR count). The molecule has 32 heavy (non-hydrogen) atoms. The number of aryl methyl sites for hydroxylation is 1. The first kappa shape index (κ1) is 24.5. The van der Waals surface area contributed by atoms with E-state index in [1.807, 2.05) is 19.1 Å². The zero-order valence-electron chi connectivity index (χ0n) is 20.2. The van der Waals surface area contributed by atoms with Crippen LogP contribution in [-0.4, -0.2) is 23.7 Å². The molecule has 2 N–H and O–H groups in total. The van der Waals surface area contributed by atoms with Gasteiger partial charge < -0.3 is 10.4 Å². The number of aliphatic hydroxyl groups is 1. The Morgan fingerprint density at radius 1 is 1.12 bits per heavy atom. The molecule has 174 valence electrons. The molecular weight excluding hydrogens is 394 g/mol. The molecule has 2 aliphatic carbocycles. The third kappa shape index (κ3) is 6.22. The summed E-state index contributed by atoms with van der Waals surface area (Å²) in [6.07, 6.45) is 14.9. The smallest absolute Gasteiger partial charge is 0.246 e. The zero-order valence-corrected chi connectivity index (χ0v) is 20.2. The van der Waals surface area contributed by atoms with E-state index in [0.717, 1.165) is 31.3 Å². The third-order valence-electron chi connectivity index (χ3n) is 7.64. The third-order valence-corrected chi connectivity index (χ3v) is 7.64. The molecule has 1 aromatic rings. The highest BCUT2D eigenvalue weighted by atomic mass is 16.3. The second-order valence-corrected chi connectivity index (χ2v) is 10.1. The minimum absolute atomic E-state index is 0.0131. The molecule has 0 aromatic heterocycles. The fourth-order valence-corrected chi connectivity index (χ4v) is 5.65. The number of fused-ring (bicyclic) bond motifs is 1. The van der Waals surface area contributed by atoms with E-state index in [1.165, 1.54) is 5.56 Å². The molecule has 0 saturated heterocycles. The number of allylic oxidation sites excluding steroid dienone is 5. The van der Waals surface area contributed by atoms with Crippen LogP contribution in [0.2, 0.25) is 0 Å². The molecule has 0 aliphatic heterocycles. The quantitative estimate of drug-likeness (QED) is 0.237. The van der Waals surface area contributed by atoms with E-state index in [9.17, 15) is 9.90 Å². The number of benzene rings is 1. The van der Waals surface area contributed by atoms with Crippen LogP contribution in [-0.2, 0) is 11.2 Å². The topological polar surface area (TPSA) is 49.3 Å². The first-order valence-corrected chi connectivity index (χ1v) is 12.4. The number of unbranched alkanes of at least 4 members (excludes halogenated alkanes) is 1. The summed E-state index contributed by atoms with van der Waals surface area (Å²) in [6, 6.07) is 10.5. The number of nitrogens with one attached hydrogen (secondary N) is 1. The van der Waals surface area contributed by atoms with E-state index in [-0.39, 0.29) is 17.9 Å². The number of carbonyl (C=O) groups is 1. The summed E-state index contributed by atoms with van der Waals surface area (Å²) in [4.78, 5) is 12.4. The summed E-state index contributed by atoms with van der Waals surface area (Å²) in [5.41, 5.74) is 2.09. The Hall–Kier alpha value is -2.13. The lowest BCUT2D eigenvalue weighted by Crippen LogP contribution is -2.46. The Balaban J connectivity index is 1.48. The summed E-state index contributed by atoms with van der Waals surface area (Å²) in [7, 11) is 0. The number of carbonyl (C=O) groups excluding carboxylic acids is 1. The predicted octanol–water partition coefficient (Wildman–Crippen LogP) is 5.72. The molecule has 1 fully saturated rings. The summed E-state index contributed by atoms with van der Waals surface area (Å²) >= 11 is 0. The van der Waals surface area contributed by atoms with Gasteiger partial charge in [-0.05, 0) is 73.7 Å². The van der Waals surface area contributed by atoms with Crippen molar-refractivity contribution in [2.75, 3.05) is 6.54 Å². The largest absolute Gasteiger partial charge is 0.393 e. The average Bonchev–Trinajstić information content (AvgIpc) is 2.79. The molecule has 1 aromatic carbocycles. The molecule has 1 amide bonds. The van der Waals surface area contributed by atoms with E-state index < -0.39 is 0 Å². The maximum Gasteiger partial charge on any atom is 0.246 e. The minimum Gasteiger partial charge on any atom is -0.393 e. The van der Waals surface area contributed by atoms with Crippen molar-refractivity contribution in [2.24, 2.45) is 35.5 Å². The summed E-state index contributed by atoms with van der Waals surface area (Å²) < 4.78 is 0. The fraction of sp³-hybridized carbons (Fsp3) is 0.552. The molecule has 1 saturated carbocycles. The first-order chi connectivity index (χ1) is 15.4. The molecule has 3 nitrogen and oxygen atoms in total. The van der Waals surface area contributed by atoms with Gasteiger partial charge in [-0.2, -0.15) is 0 Å². The summed E-state index contributed by atoms with van der Waals surface area (Å²) in [6.45, 7) is 9.22. The maximum absolute atomic E-state index is 12.4. The van der Waals surface area contributed by atoms with Crippen molar-refractivity contribution in [2.45, 2.75) is 59.5 Å². The molecular formula is C29H41NO2. The Morgan fingerprint density at radius 3 is 2.62 bits per heavy atom. The Bertz CT molecular complexity index is 825. The SMILES string of the molecule is C/C(=C\C=C\[C@@H]1[C@@H]2[C@H](C)[C@@H](O)[C@H](C)C[C@@H]2C=C[C@H]1C)C(=O)NCCCCc1ccccc1. The maximum atomic E-state index is 12.4. The second kappa shape index (κ2) is 11.7. The van der Waals surface area contributed by atoms with Crippen molar-refractivity contribution in [3.8, 4) is 0 Å². The van der Waals surface area contributed by atoms with E-state index in [1.54, 1.807) is 0 Å². The number of aliphatic hydroxyl groups excluding tert-OH is 1. The van der Waals surface area contributed by atoms with Gasteiger partial charge in [-0.3, -0.25) is 4.79 Å². The number of hydrogen-bond acceptors (Lipinski definition) is 2. The van der Waals surface area contributed by atoms with Gasteiger partial charge in [0.15, 0.2) is 0 Å². The van der Waals surface area contributed by atoms with Crippen LogP contribution in [0.15, 0.2) is 66.3 Å². The number of rotatable bonds is 8. The molecule has 7 atom stereocenters. The monoisotopic (exact) mass is 435 g/mol. The first-order valence-electron chi connectivity index (χ1n) is 12.4. The van der Waals surface area contributed by atoms with Gasteiger partial charge in [-0.25, -0.2) is 0 Å². The van der Waals surface area contributed by atoms with Crippen LogP contribution in [0.1, 0.15) is 52.5 Å². The van der Waals surface area contributed by atoms with Crippen molar-refractivity contribution in [3.05, 3.63) is 71.8 Å². The Kier molecular flexibility index (Phi) is 8.92. The van der Waals surface area contributed by atoms with Gasteiger partial charge in [0.25, 0.3) is 0 Å². The normalized spacial score (nSPS) is 32.7. The van der Waals surface area contributed by atoms with Gasteiger partial charge in [-0.1, -0.05) is 81.5 Å². The van der Waals surface area contributed by atoms with Crippen LogP contribution in [0.4, 0.5) is 0 Å². The molecule has 0 unspecified atom stereocenters.